The van der Waals surface area contributed by atoms with Gasteiger partial charge in [0, 0.05) is 35.8 Å². The van der Waals surface area contributed by atoms with Gasteiger partial charge in [0.2, 0.25) is 0 Å². The molecule has 0 radical (unpaired) electrons. The second-order valence-corrected chi connectivity index (χ2v) is 7.37. The lowest BCUT2D eigenvalue weighted by molar-refractivity contribution is 0.474. The van der Waals surface area contributed by atoms with E-state index in [4.69, 9.17) is 0 Å². The van der Waals surface area contributed by atoms with Gasteiger partial charge in [-0.1, -0.05) is 0 Å². The summed E-state index contributed by atoms with van der Waals surface area (Å²) < 4.78 is 0. The summed E-state index contributed by atoms with van der Waals surface area (Å²) in [5, 5.41) is 38.8. The SMILES string of the molecule is Oc1ccc(N(CCN(c2ccc(O)cc2)c2ccc(O)cc2)c2ccc(O)cc2)cc1. The molecule has 162 valence electrons. The Morgan fingerprint density at radius 1 is 0.344 bits per heavy atom. The van der Waals surface area contributed by atoms with Crippen molar-refractivity contribution in [1.82, 2.24) is 0 Å². The zero-order valence-electron chi connectivity index (χ0n) is 17.3. The Morgan fingerprint density at radius 3 is 0.719 bits per heavy atom. The van der Waals surface area contributed by atoms with E-state index in [0.717, 1.165) is 22.7 Å². The molecule has 4 rings (SSSR count). The third-order valence-corrected chi connectivity index (χ3v) is 5.19. The first-order valence-electron chi connectivity index (χ1n) is 10.2. The first kappa shape index (κ1) is 20.9. The molecule has 0 atom stereocenters. The lowest BCUT2D eigenvalue weighted by Gasteiger charge is -2.31. The van der Waals surface area contributed by atoms with Gasteiger partial charge in [-0.2, -0.15) is 0 Å². The van der Waals surface area contributed by atoms with Gasteiger partial charge in [-0.25, -0.2) is 0 Å². The summed E-state index contributed by atoms with van der Waals surface area (Å²) in [6.45, 7) is 1.16. The molecule has 0 aliphatic rings. The molecule has 4 aromatic rings. The van der Waals surface area contributed by atoms with Crippen LogP contribution < -0.4 is 9.80 Å². The van der Waals surface area contributed by atoms with E-state index < -0.39 is 0 Å². The molecular weight excluding hydrogens is 404 g/mol. The van der Waals surface area contributed by atoms with Crippen LogP contribution in [0, 0.1) is 0 Å². The number of phenolic OH excluding ortho intramolecular Hbond substituents is 4. The molecule has 4 N–H and O–H groups in total. The van der Waals surface area contributed by atoms with Crippen molar-refractivity contribution in [2.24, 2.45) is 0 Å². The lowest BCUT2D eigenvalue weighted by atomic mass is 10.2. The van der Waals surface area contributed by atoms with Crippen molar-refractivity contribution in [3.63, 3.8) is 0 Å². The van der Waals surface area contributed by atoms with Crippen LogP contribution in [0.3, 0.4) is 0 Å². The highest BCUT2D eigenvalue weighted by atomic mass is 16.3. The molecule has 32 heavy (non-hydrogen) atoms. The molecule has 0 aliphatic heterocycles. The largest absolute Gasteiger partial charge is 0.508 e. The molecule has 0 unspecified atom stereocenters. The molecule has 0 fully saturated rings. The normalized spacial score (nSPS) is 10.6. The van der Waals surface area contributed by atoms with E-state index in [1.165, 1.54) is 0 Å². The maximum absolute atomic E-state index is 9.71. The average Bonchev–Trinajstić information content (AvgIpc) is 2.80. The quantitative estimate of drug-likeness (QED) is 0.312. The van der Waals surface area contributed by atoms with Crippen LogP contribution in [0.15, 0.2) is 97.1 Å². The van der Waals surface area contributed by atoms with Gasteiger partial charge in [0.15, 0.2) is 0 Å². The number of aromatic hydroxyl groups is 4. The van der Waals surface area contributed by atoms with Gasteiger partial charge < -0.3 is 30.2 Å². The van der Waals surface area contributed by atoms with Gasteiger partial charge in [0.1, 0.15) is 23.0 Å². The van der Waals surface area contributed by atoms with Crippen molar-refractivity contribution in [2.45, 2.75) is 0 Å². The minimum absolute atomic E-state index is 0.189. The van der Waals surface area contributed by atoms with Crippen molar-refractivity contribution in [3.05, 3.63) is 97.1 Å². The van der Waals surface area contributed by atoms with E-state index in [9.17, 15) is 20.4 Å². The maximum atomic E-state index is 9.71. The van der Waals surface area contributed by atoms with Gasteiger partial charge in [0.25, 0.3) is 0 Å². The molecule has 0 amide bonds. The summed E-state index contributed by atoms with van der Waals surface area (Å²) in [4.78, 5) is 4.18. The molecule has 0 aromatic heterocycles. The van der Waals surface area contributed by atoms with E-state index in [1.54, 1.807) is 48.5 Å². The van der Waals surface area contributed by atoms with Crippen LogP contribution in [-0.2, 0) is 0 Å². The number of hydrogen-bond donors (Lipinski definition) is 4. The fraction of sp³-hybridized carbons (Fsp3) is 0.0769. The third-order valence-electron chi connectivity index (χ3n) is 5.19. The smallest absolute Gasteiger partial charge is 0.115 e. The minimum Gasteiger partial charge on any atom is -0.508 e. The molecule has 0 saturated carbocycles. The van der Waals surface area contributed by atoms with Crippen LogP contribution in [0.25, 0.3) is 0 Å². The molecule has 0 spiro atoms. The average molecular weight is 428 g/mol. The van der Waals surface area contributed by atoms with Gasteiger partial charge in [-0.15, -0.1) is 0 Å². The summed E-state index contributed by atoms with van der Waals surface area (Å²) >= 11 is 0. The van der Waals surface area contributed by atoms with Crippen LogP contribution in [0.4, 0.5) is 22.7 Å². The lowest BCUT2D eigenvalue weighted by Crippen LogP contribution is -2.30. The Kier molecular flexibility index (Phi) is 6.03. The van der Waals surface area contributed by atoms with E-state index in [1.807, 2.05) is 48.5 Å². The zero-order valence-corrected chi connectivity index (χ0v) is 17.3. The number of anilines is 4. The van der Waals surface area contributed by atoms with E-state index >= 15 is 0 Å². The second-order valence-electron chi connectivity index (χ2n) is 7.37. The van der Waals surface area contributed by atoms with Crippen LogP contribution in [-0.4, -0.2) is 33.5 Å². The van der Waals surface area contributed by atoms with E-state index in [-0.39, 0.29) is 23.0 Å². The summed E-state index contributed by atoms with van der Waals surface area (Å²) in [5.41, 5.74) is 3.57. The Labute approximate surface area is 186 Å². The highest BCUT2D eigenvalue weighted by molar-refractivity contribution is 5.67. The second kappa shape index (κ2) is 9.22. The number of rotatable bonds is 7. The summed E-state index contributed by atoms with van der Waals surface area (Å²) in [6, 6.07) is 27.8. The Bertz CT molecular complexity index is 957. The first-order chi connectivity index (χ1) is 15.5. The highest BCUT2D eigenvalue weighted by Crippen LogP contribution is 2.31. The summed E-state index contributed by atoms with van der Waals surface area (Å²) in [7, 11) is 0. The molecule has 0 heterocycles. The van der Waals surface area contributed by atoms with Crippen molar-refractivity contribution in [1.29, 1.82) is 0 Å². The number of phenols is 4. The zero-order chi connectivity index (χ0) is 22.5. The fourth-order valence-electron chi connectivity index (χ4n) is 3.54. The molecular formula is C26H24N2O4. The summed E-state index contributed by atoms with van der Waals surface area (Å²) in [5.74, 6) is 0.756. The van der Waals surface area contributed by atoms with Crippen LogP contribution in [0.1, 0.15) is 0 Å². The number of benzene rings is 4. The first-order valence-corrected chi connectivity index (χ1v) is 10.2. The van der Waals surface area contributed by atoms with Gasteiger partial charge in [0.05, 0.1) is 0 Å². The standard InChI is InChI=1S/C26H24N2O4/c29-23-9-1-19(2-10-23)27(20-3-11-24(30)12-4-20)17-18-28(21-5-13-25(31)14-6-21)22-7-15-26(32)16-8-22/h1-16,29-32H,17-18H2. The molecule has 0 aliphatic carbocycles. The number of hydrogen-bond acceptors (Lipinski definition) is 6. The van der Waals surface area contributed by atoms with Crippen LogP contribution in [0.5, 0.6) is 23.0 Å². The van der Waals surface area contributed by atoms with Crippen LogP contribution in [0.2, 0.25) is 0 Å². The van der Waals surface area contributed by atoms with Gasteiger partial charge in [-0.05, 0) is 97.1 Å². The van der Waals surface area contributed by atoms with Crippen molar-refractivity contribution in [3.8, 4) is 23.0 Å². The van der Waals surface area contributed by atoms with Crippen molar-refractivity contribution < 1.29 is 20.4 Å². The topological polar surface area (TPSA) is 87.4 Å². The van der Waals surface area contributed by atoms with Gasteiger partial charge in [-0.3, -0.25) is 0 Å². The van der Waals surface area contributed by atoms with Crippen molar-refractivity contribution >= 4 is 22.7 Å². The van der Waals surface area contributed by atoms with E-state index in [0.29, 0.717) is 13.1 Å². The maximum Gasteiger partial charge on any atom is 0.115 e. The predicted octanol–water partition coefficient (Wildman–Crippen LogP) is 5.49. The van der Waals surface area contributed by atoms with Gasteiger partial charge >= 0.3 is 0 Å². The van der Waals surface area contributed by atoms with Crippen LogP contribution >= 0.6 is 0 Å². The highest BCUT2D eigenvalue weighted by Gasteiger charge is 2.15. The van der Waals surface area contributed by atoms with E-state index in [2.05, 4.69) is 9.80 Å². The third kappa shape index (κ3) is 4.87. The molecule has 4 aromatic carbocycles. The molecule has 0 saturated heterocycles. The fourth-order valence-corrected chi connectivity index (χ4v) is 3.54. The summed E-state index contributed by atoms with van der Waals surface area (Å²) in [6.07, 6.45) is 0. The minimum atomic E-state index is 0.189. The predicted molar refractivity (Wildman–Crippen MR) is 126 cm³/mol. The Balaban J connectivity index is 1.67. The Morgan fingerprint density at radius 2 is 0.531 bits per heavy atom. The van der Waals surface area contributed by atoms with Crippen molar-refractivity contribution in [2.75, 3.05) is 22.9 Å². The molecule has 0 bridgehead atoms. The number of nitrogens with zero attached hydrogens (tertiary/aromatic N) is 2. The molecule has 6 nitrogen and oxygen atoms in total. The monoisotopic (exact) mass is 428 g/mol. The molecule has 6 heteroatoms. The Hall–Kier alpha value is -4.32.